The Kier molecular flexibility index (Phi) is 10.6. The number of guanidine groups is 1. The van der Waals surface area contributed by atoms with Gasteiger partial charge in [-0.05, 0) is 32.9 Å². The van der Waals surface area contributed by atoms with Crippen molar-refractivity contribution in [2.24, 2.45) is 4.99 Å². The van der Waals surface area contributed by atoms with E-state index >= 15 is 0 Å². The highest BCUT2D eigenvalue weighted by Crippen LogP contribution is 2.19. The van der Waals surface area contributed by atoms with Crippen LogP contribution in [0.5, 0.6) is 0 Å². The third-order valence-electron chi connectivity index (χ3n) is 5.05. The number of benzene rings is 1. The van der Waals surface area contributed by atoms with Gasteiger partial charge in [0, 0.05) is 44.2 Å². The van der Waals surface area contributed by atoms with Gasteiger partial charge in [0.25, 0.3) is 0 Å². The number of aliphatic imine (C=N–C) groups is 1. The van der Waals surface area contributed by atoms with E-state index in [1.54, 1.807) is 6.26 Å². The lowest BCUT2D eigenvalue weighted by atomic mass is 10.1. The Morgan fingerprint density at radius 1 is 1.20 bits per heavy atom. The zero-order chi connectivity index (χ0) is 20.5. The maximum absolute atomic E-state index is 5.64. The molecule has 2 heterocycles. The highest BCUT2D eigenvalue weighted by Gasteiger charge is 2.16. The van der Waals surface area contributed by atoms with Crippen molar-refractivity contribution < 1.29 is 9.15 Å². The summed E-state index contributed by atoms with van der Waals surface area (Å²) in [6.45, 7) is 12.3. The van der Waals surface area contributed by atoms with E-state index in [4.69, 9.17) is 14.1 Å². The second kappa shape index (κ2) is 12.9. The fourth-order valence-corrected chi connectivity index (χ4v) is 3.26. The van der Waals surface area contributed by atoms with E-state index < -0.39 is 0 Å². The largest absolute Gasteiger partial charge is 0.444 e. The zero-order valence-corrected chi connectivity index (χ0v) is 20.5. The smallest absolute Gasteiger partial charge is 0.226 e. The van der Waals surface area contributed by atoms with Gasteiger partial charge in [-0.15, -0.1) is 24.0 Å². The normalized spacial score (nSPS) is 16.0. The van der Waals surface area contributed by atoms with Crippen LogP contribution in [0, 0.1) is 6.92 Å². The van der Waals surface area contributed by atoms with Crippen molar-refractivity contribution in [3.8, 4) is 11.5 Å². The molecule has 0 radical (unpaired) electrons. The third kappa shape index (κ3) is 7.55. The van der Waals surface area contributed by atoms with Crippen molar-refractivity contribution >= 4 is 29.9 Å². The van der Waals surface area contributed by atoms with E-state index in [2.05, 4.69) is 53.4 Å². The molecular weight excluding hydrogens is 493 g/mol. The van der Waals surface area contributed by atoms with Gasteiger partial charge in [0.15, 0.2) is 5.96 Å². The van der Waals surface area contributed by atoms with Gasteiger partial charge in [-0.2, -0.15) is 0 Å². The summed E-state index contributed by atoms with van der Waals surface area (Å²) in [7, 11) is 0. The van der Waals surface area contributed by atoms with E-state index in [0.717, 1.165) is 69.6 Å². The zero-order valence-electron chi connectivity index (χ0n) is 18.2. The first-order valence-electron chi connectivity index (χ1n) is 10.5. The van der Waals surface area contributed by atoms with Crippen LogP contribution in [0.3, 0.4) is 0 Å². The summed E-state index contributed by atoms with van der Waals surface area (Å²) < 4.78 is 11.1. The monoisotopic (exact) mass is 527 g/mol. The fraction of sp³-hybridized carbons (Fsp3) is 0.545. The van der Waals surface area contributed by atoms with Gasteiger partial charge < -0.3 is 19.8 Å². The fourth-order valence-electron chi connectivity index (χ4n) is 3.26. The SMILES string of the molecule is CCNC(=NCC(C)N1CCOCC1)NCCc1coc(-c2ccc(C)cc2)n1.I. The summed E-state index contributed by atoms with van der Waals surface area (Å²) >= 11 is 0. The van der Waals surface area contributed by atoms with Crippen LogP contribution in [0.15, 0.2) is 39.9 Å². The number of hydrogen-bond acceptors (Lipinski definition) is 5. The van der Waals surface area contributed by atoms with Crippen molar-refractivity contribution in [2.75, 3.05) is 45.9 Å². The summed E-state index contributed by atoms with van der Waals surface area (Å²) in [5.41, 5.74) is 3.16. The maximum atomic E-state index is 5.64. The molecule has 0 aliphatic carbocycles. The van der Waals surface area contributed by atoms with Gasteiger partial charge in [0.1, 0.15) is 6.26 Å². The summed E-state index contributed by atoms with van der Waals surface area (Å²) in [5.74, 6) is 1.51. The number of nitrogens with zero attached hydrogens (tertiary/aromatic N) is 3. The molecule has 0 amide bonds. The van der Waals surface area contributed by atoms with E-state index in [1.165, 1.54) is 5.56 Å². The third-order valence-corrected chi connectivity index (χ3v) is 5.05. The highest BCUT2D eigenvalue weighted by atomic mass is 127. The molecule has 1 saturated heterocycles. The molecule has 8 heteroatoms. The molecule has 166 valence electrons. The number of ether oxygens (including phenoxy) is 1. The van der Waals surface area contributed by atoms with E-state index in [9.17, 15) is 0 Å². The van der Waals surface area contributed by atoms with Crippen LogP contribution in [-0.4, -0.2) is 67.8 Å². The first-order chi connectivity index (χ1) is 14.2. The lowest BCUT2D eigenvalue weighted by Crippen LogP contribution is -2.44. The van der Waals surface area contributed by atoms with Crippen LogP contribution in [0.4, 0.5) is 0 Å². The maximum Gasteiger partial charge on any atom is 0.226 e. The molecule has 1 fully saturated rings. The van der Waals surface area contributed by atoms with Gasteiger partial charge >= 0.3 is 0 Å². The lowest BCUT2D eigenvalue weighted by molar-refractivity contribution is 0.0220. The Bertz CT molecular complexity index is 772. The van der Waals surface area contributed by atoms with Gasteiger partial charge in [0.2, 0.25) is 5.89 Å². The van der Waals surface area contributed by atoms with Crippen LogP contribution in [0.25, 0.3) is 11.5 Å². The second-order valence-electron chi connectivity index (χ2n) is 7.40. The van der Waals surface area contributed by atoms with Crippen LogP contribution in [-0.2, 0) is 11.2 Å². The molecule has 2 aromatic rings. The van der Waals surface area contributed by atoms with Crippen molar-refractivity contribution in [1.29, 1.82) is 0 Å². The summed E-state index contributed by atoms with van der Waals surface area (Å²) in [4.78, 5) is 11.8. The molecule has 3 rings (SSSR count). The van der Waals surface area contributed by atoms with Gasteiger partial charge in [0.05, 0.1) is 25.5 Å². The van der Waals surface area contributed by atoms with Crippen LogP contribution >= 0.6 is 24.0 Å². The average Bonchev–Trinajstić information content (AvgIpc) is 3.22. The van der Waals surface area contributed by atoms with Gasteiger partial charge in [-0.3, -0.25) is 9.89 Å². The van der Waals surface area contributed by atoms with E-state index in [1.807, 2.05) is 12.1 Å². The predicted octanol–water partition coefficient (Wildman–Crippen LogP) is 3.09. The standard InChI is InChI=1S/C22H33N5O2.HI/c1-4-23-22(25-15-18(3)27-11-13-28-14-12-27)24-10-9-20-16-29-21(26-20)19-7-5-17(2)6-8-19;/h5-8,16,18H,4,9-15H2,1-3H3,(H2,23,24,25);1H. The van der Waals surface area contributed by atoms with Crippen LogP contribution in [0.1, 0.15) is 25.1 Å². The quantitative estimate of drug-likeness (QED) is 0.312. The van der Waals surface area contributed by atoms with Crippen molar-refractivity contribution in [1.82, 2.24) is 20.5 Å². The minimum absolute atomic E-state index is 0. The molecule has 0 saturated carbocycles. The lowest BCUT2D eigenvalue weighted by Gasteiger charge is -2.31. The molecule has 1 aliphatic rings. The molecule has 0 spiro atoms. The minimum atomic E-state index is 0. The van der Waals surface area contributed by atoms with Gasteiger partial charge in [-0.1, -0.05) is 17.7 Å². The molecule has 2 N–H and O–H groups in total. The molecule has 1 aromatic heterocycles. The molecule has 0 bridgehead atoms. The second-order valence-corrected chi connectivity index (χ2v) is 7.40. The van der Waals surface area contributed by atoms with E-state index in [-0.39, 0.29) is 24.0 Å². The number of nitrogens with one attached hydrogen (secondary N) is 2. The Labute approximate surface area is 196 Å². The van der Waals surface area contributed by atoms with Crippen molar-refractivity contribution in [3.63, 3.8) is 0 Å². The topological polar surface area (TPSA) is 74.9 Å². The van der Waals surface area contributed by atoms with Crippen molar-refractivity contribution in [2.45, 2.75) is 33.2 Å². The number of oxazole rings is 1. The summed E-state index contributed by atoms with van der Waals surface area (Å²) in [6, 6.07) is 8.61. The summed E-state index contributed by atoms with van der Waals surface area (Å²) in [6.07, 6.45) is 2.51. The molecule has 7 nitrogen and oxygen atoms in total. The number of aromatic nitrogens is 1. The molecule has 1 atom stereocenters. The Balaban J connectivity index is 0.00000320. The van der Waals surface area contributed by atoms with Crippen molar-refractivity contribution in [3.05, 3.63) is 41.8 Å². The molecule has 1 unspecified atom stereocenters. The van der Waals surface area contributed by atoms with Crippen LogP contribution in [0.2, 0.25) is 0 Å². The average molecular weight is 527 g/mol. The Morgan fingerprint density at radius 2 is 1.93 bits per heavy atom. The number of aryl methyl sites for hydroxylation is 1. The first-order valence-corrected chi connectivity index (χ1v) is 10.5. The minimum Gasteiger partial charge on any atom is -0.444 e. The predicted molar refractivity (Wildman–Crippen MR) is 132 cm³/mol. The first kappa shape index (κ1) is 24.6. The van der Waals surface area contributed by atoms with E-state index in [0.29, 0.717) is 11.9 Å². The number of hydrogen-bond donors (Lipinski definition) is 2. The molecule has 1 aromatic carbocycles. The van der Waals surface area contributed by atoms with Crippen LogP contribution < -0.4 is 10.6 Å². The number of halogens is 1. The Hall–Kier alpha value is -1.65. The van der Waals surface area contributed by atoms with Gasteiger partial charge in [-0.25, -0.2) is 4.98 Å². The summed E-state index contributed by atoms with van der Waals surface area (Å²) in [5, 5.41) is 6.71. The number of morpholine rings is 1. The molecular formula is C22H34IN5O2. The molecule has 30 heavy (non-hydrogen) atoms. The highest BCUT2D eigenvalue weighted by molar-refractivity contribution is 14.0. The molecule has 1 aliphatic heterocycles. The number of rotatable bonds is 8. The Morgan fingerprint density at radius 3 is 2.63 bits per heavy atom.